The van der Waals surface area contributed by atoms with Gasteiger partial charge in [0.05, 0.1) is 0 Å². The molecule has 0 heterocycles. The van der Waals surface area contributed by atoms with Gasteiger partial charge >= 0.3 is 0 Å². The third-order valence-electron chi connectivity index (χ3n) is 10.2. The Morgan fingerprint density at radius 3 is 0.972 bits per heavy atom. The Labute approximate surface area is 221 Å². The first-order valence-corrected chi connectivity index (χ1v) is 15.7. The Hall–Kier alpha value is -0.280. The highest BCUT2D eigenvalue weighted by Gasteiger charge is 2.55. The average Bonchev–Trinajstić information content (AvgIpc) is 2.81. The molecular weight excluding hydrogens is 460 g/mol. The summed E-state index contributed by atoms with van der Waals surface area (Å²) in [5, 5.41) is 0. The Morgan fingerprint density at radius 2 is 0.722 bits per heavy atom. The van der Waals surface area contributed by atoms with Gasteiger partial charge in [0.1, 0.15) is 22.7 Å². The maximum Gasteiger partial charge on any atom is 0.147 e. The molecule has 2 aliphatic carbocycles. The first-order chi connectivity index (χ1) is 17.0. The normalized spacial score (nSPS) is 37.3. The molecule has 214 valence electrons. The van der Waals surface area contributed by atoms with Crippen LogP contribution in [-0.4, -0.2) is 22.7 Å². The zero-order valence-electron chi connectivity index (χ0n) is 24.2. The van der Waals surface area contributed by atoms with E-state index < -0.39 is 22.7 Å². The zero-order valence-corrected chi connectivity index (χ0v) is 24.2. The number of rotatable bonds is 17. The van der Waals surface area contributed by atoms with E-state index in [4.69, 9.17) is 0 Å². The molecule has 0 N–H and O–H groups in total. The van der Waals surface area contributed by atoms with Crippen LogP contribution in [-0.2, 0) is 0 Å². The lowest BCUT2D eigenvalue weighted by molar-refractivity contribution is -0.102. The van der Waals surface area contributed by atoms with Gasteiger partial charge in [0, 0.05) is 0 Å². The third kappa shape index (κ3) is 8.62. The van der Waals surface area contributed by atoms with Crippen LogP contribution in [0.1, 0.15) is 169 Å². The molecular formula is C32H58F4. The van der Waals surface area contributed by atoms with Crippen LogP contribution in [0.4, 0.5) is 17.6 Å². The van der Waals surface area contributed by atoms with Gasteiger partial charge in [-0.05, 0) is 77.0 Å². The first kappa shape index (κ1) is 31.9. The van der Waals surface area contributed by atoms with Crippen molar-refractivity contribution < 1.29 is 17.6 Å². The summed E-state index contributed by atoms with van der Waals surface area (Å²) in [6.45, 7) is 6.73. The summed E-state index contributed by atoms with van der Waals surface area (Å²) in [5.74, 6) is -0.330. The fourth-order valence-corrected chi connectivity index (χ4v) is 7.28. The summed E-state index contributed by atoms with van der Waals surface area (Å²) < 4.78 is 60.2. The minimum atomic E-state index is -1.66. The van der Waals surface area contributed by atoms with Gasteiger partial charge in [-0.25, -0.2) is 17.6 Å². The first-order valence-electron chi connectivity index (χ1n) is 15.7. The number of unbranched alkanes of at least 4 members (excludes halogenated alkanes) is 13. The topological polar surface area (TPSA) is 0 Å². The molecule has 0 nitrogen and oxygen atoms in total. The maximum absolute atomic E-state index is 15.3. The van der Waals surface area contributed by atoms with Crippen molar-refractivity contribution in [3.05, 3.63) is 0 Å². The number of alkyl halides is 4. The average molecular weight is 519 g/mol. The Balaban J connectivity index is 1.38. The standard InChI is InChI=1S/C32H58F4/c1-27-21-19-23-29(3,33)31(27,35)25-17-15-13-11-9-7-5-6-8-10-12-14-16-18-26-32(36)28(2)22-20-24-30(32,4)34/h27-28H,5-26H2,1-4H3. The lowest BCUT2D eigenvalue weighted by Gasteiger charge is -2.45. The van der Waals surface area contributed by atoms with Gasteiger partial charge in [0.15, 0.2) is 0 Å². The molecule has 4 heteroatoms. The number of hydrogen-bond acceptors (Lipinski definition) is 0. The van der Waals surface area contributed by atoms with E-state index in [1.54, 1.807) is 0 Å². The van der Waals surface area contributed by atoms with Crippen LogP contribution in [0.15, 0.2) is 0 Å². The van der Waals surface area contributed by atoms with E-state index >= 15 is 8.78 Å². The van der Waals surface area contributed by atoms with Gasteiger partial charge in [-0.1, -0.05) is 104 Å². The summed E-state index contributed by atoms with van der Waals surface area (Å²) in [7, 11) is 0. The second kappa shape index (κ2) is 14.8. The van der Waals surface area contributed by atoms with Crippen molar-refractivity contribution in [3.8, 4) is 0 Å². The lowest BCUT2D eigenvalue weighted by Crippen LogP contribution is -2.52. The van der Waals surface area contributed by atoms with E-state index in [-0.39, 0.29) is 11.8 Å². The molecule has 0 aromatic rings. The van der Waals surface area contributed by atoms with Gasteiger partial charge < -0.3 is 0 Å². The predicted molar refractivity (Wildman–Crippen MR) is 147 cm³/mol. The van der Waals surface area contributed by atoms with E-state index in [0.29, 0.717) is 25.7 Å². The molecule has 2 rings (SSSR count). The molecule has 0 aromatic carbocycles. The molecule has 0 bridgehead atoms. The molecule has 0 amide bonds. The Morgan fingerprint density at radius 1 is 0.472 bits per heavy atom. The molecule has 0 radical (unpaired) electrons. The Kier molecular flexibility index (Phi) is 13.1. The van der Waals surface area contributed by atoms with Crippen molar-refractivity contribution in [1.29, 1.82) is 0 Å². The highest BCUT2D eigenvalue weighted by Crippen LogP contribution is 2.50. The quantitative estimate of drug-likeness (QED) is 0.133. The van der Waals surface area contributed by atoms with Crippen molar-refractivity contribution in [3.63, 3.8) is 0 Å². The van der Waals surface area contributed by atoms with Crippen molar-refractivity contribution in [2.45, 2.75) is 192 Å². The van der Waals surface area contributed by atoms with Gasteiger partial charge in [0.2, 0.25) is 0 Å². The predicted octanol–water partition coefficient (Wildman–Crippen LogP) is 11.7. The van der Waals surface area contributed by atoms with E-state index in [1.807, 2.05) is 13.8 Å². The minimum absolute atomic E-state index is 0.165. The summed E-state index contributed by atoms with van der Waals surface area (Å²) >= 11 is 0. The molecule has 6 atom stereocenters. The van der Waals surface area contributed by atoms with Crippen molar-refractivity contribution in [2.75, 3.05) is 0 Å². The van der Waals surface area contributed by atoms with Crippen molar-refractivity contribution in [1.82, 2.24) is 0 Å². The summed E-state index contributed by atoms with van der Waals surface area (Å²) in [6.07, 6.45) is 20.6. The van der Waals surface area contributed by atoms with Crippen molar-refractivity contribution >= 4 is 0 Å². The summed E-state index contributed by atoms with van der Waals surface area (Å²) in [6, 6.07) is 0. The fraction of sp³-hybridized carbons (Fsp3) is 1.00. The molecule has 0 aliphatic heterocycles. The molecule has 6 unspecified atom stereocenters. The summed E-state index contributed by atoms with van der Waals surface area (Å²) in [5.41, 5.74) is -6.59. The molecule has 2 saturated carbocycles. The van der Waals surface area contributed by atoms with Crippen LogP contribution in [0.3, 0.4) is 0 Å². The van der Waals surface area contributed by atoms with E-state index in [1.165, 1.54) is 65.2 Å². The third-order valence-corrected chi connectivity index (χ3v) is 10.2. The van der Waals surface area contributed by atoms with Crippen molar-refractivity contribution in [2.24, 2.45) is 11.8 Å². The van der Waals surface area contributed by atoms with Crippen LogP contribution in [0.2, 0.25) is 0 Å². The van der Waals surface area contributed by atoms with Gasteiger partial charge in [-0.15, -0.1) is 0 Å². The molecule has 36 heavy (non-hydrogen) atoms. The van der Waals surface area contributed by atoms with Crippen LogP contribution >= 0.6 is 0 Å². The van der Waals surface area contributed by atoms with E-state index in [0.717, 1.165) is 64.2 Å². The smallest absolute Gasteiger partial charge is 0.147 e. The monoisotopic (exact) mass is 518 g/mol. The van der Waals surface area contributed by atoms with E-state index in [9.17, 15) is 8.78 Å². The fourth-order valence-electron chi connectivity index (χ4n) is 7.28. The molecule has 2 aliphatic rings. The van der Waals surface area contributed by atoms with Crippen LogP contribution in [0.5, 0.6) is 0 Å². The number of halogens is 4. The largest absolute Gasteiger partial charge is 0.241 e. The summed E-state index contributed by atoms with van der Waals surface area (Å²) in [4.78, 5) is 0. The van der Waals surface area contributed by atoms with Crippen LogP contribution < -0.4 is 0 Å². The molecule has 0 saturated heterocycles. The second-order valence-corrected chi connectivity index (χ2v) is 13.2. The highest BCUT2D eigenvalue weighted by molar-refractivity contribution is 5.04. The lowest BCUT2D eigenvalue weighted by atomic mass is 9.67. The SMILES string of the molecule is CC1CCCC(C)(F)C1(F)CCCCCCCCCCCCCCCCC1(F)C(C)CCCC1(C)F. The molecule has 0 spiro atoms. The van der Waals surface area contributed by atoms with Gasteiger partial charge in [-0.3, -0.25) is 0 Å². The van der Waals surface area contributed by atoms with Crippen LogP contribution in [0, 0.1) is 11.8 Å². The minimum Gasteiger partial charge on any atom is -0.241 e. The molecule has 0 aromatic heterocycles. The Bertz CT molecular complexity index is 551. The van der Waals surface area contributed by atoms with E-state index in [2.05, 4.69) is 0 Å². The van der Waals surface area contributed by atoms with Gasteiger partial charge in [0.25, 0.3) is 0 Å². The van der Waals surface area contributed by atoms with Gasteiger partial charge in [-0.2, -0.15) is 0 Å². The highest BCUT2D eigenvalue weighted by atomic mass is 19.2. The second-order valence-electron chi connectivity index (χ2n) is 13.2. The number of hydrogen-bond donors (Lipinski definition) is 0. The maximum atomic E-state index is 15.3. The zero-order chi connectivity index (χ0) is 26.7. The molecule has 2 fully saturated rings. The van der Waals surface area contributed by atoms with Crippen LogP contribution in [0.25, 0.3) is 0 Å².